The summed E-state index contributed by atoms with van der Waals surface area (Å²) in [4.78, 5) is 9.21. The molecule has 1 unspecified atom stereocenters. The summed E-state index contributed by atoms with van der Waals surface area (Å²) in [6.07, 6.45) is 16.4. The van der Waals surface area contributed by atoms with Gasteiger partial charge in [-0.05, 0) is 68.1 Å². The molecule has 0 heterocycles. The van der Waals surface area contributed by atoms with Gasteiger partial charge in [-0.25, -0.2) is 4.39 Å². The third kappa shape index (κ3) is 11.5. The first kappa shape index (κ1) is 28.5. The Morgan fingerprint density at radius 1 is 1.00 bits per heavy atom. The minimum Gasteiger partial charge on any atom is -0.378 e. The van der Waals surface area contributed by atoms with Crippen LogP contribution in [0.15, 0.2) is 18.2 Å². The van der Waals surface area contributed by atoms with Crippen molar-refractivity contribution in [3.05, 3.63) is 35.1 Å². The van der Waals surface area contributed by atoms with Crippen LogP contribution in [0, 0.1) is 5.82 Å². The summed E-state index contributed by atoms with van der Waals surface area (Å²) in [6.45, 7) is 2.93. The molecule has 1 atom stereocenters. The van der Waals surface area contributed by atoms with E-state index in [1.165, 1.54) is 30.9 Å². The van der Waals surface area contributed by atoms with Crippen molar-refractivity contribution < 1.29 is 23.8 Å². The molecule has 5 nitrogen and oxygen atoms in total. The lowest BCUT2D eigenvalue weighted by Gasteiger charge is -2.29. The number of benzene rings is 1. The van der Waals surface area contributed by atoms with E-state index in [0.717, 1.165) is 81.9 Å². The molecule has 1 aliphatic carbocycles. The predicted octanol–water partition coefficient (Wildman–Crippen LogP) is 7.50. The number of halogens is 1. The molecule has 1 aliphatic rings. The quantitative estimate of drug-likeness (QED) is 0.121. The van der Waals surface area contributed by atoms with Crippen molar-refractivity contribution in [2.45, 2.75) is 115 Å². The first-order valence-corrected chi connectivity index (χ1v) is 14.9. The van der Waals surface area contributed by atoms with Gasteiger partial charge >= 0.3 is 0 Å². The van der Waals surface area contributed by atoms with Crippen molar-refractivity contribution in [3.8, 4) is 0 Å². The Bertz CT molecular complexity index is 710. The summed E-state index contributed by atoms with van der Waals surface area (Å²) in [5.74, 6) is 0.427. The molecule has 0 aliphatic heterocycles. The lowest BCUT2D eigenvalue weighted by molar-refractivity contribution is 0.0226. The Balaban J connectivity index is 1.44. The van der Waals surface area contributed by atoms with E-state index in [4.69, 9.17) is 9.94 Å². The molecule has 0 radical (unpaired) electrons. The van der Waals surface area contributed by atoms with Crippen LogP contribution in [0.3, 0.4) is 0 Å². The molecule has 0 saturated heterocycles. The van der Waals surface area contributed by atoms with Gasteiger partial charge < -0.3 is 14.8 Å². The van der Waals surface area contributed by atoms with Gasteiger partial charge in [0.15, 0.2) is 0 Å². The number of unbranched alkanes of at least 4 members (excludes halogenated alkanes) is 8. The van der Waals surface area contributed by atoms with Gasteiger partial charge in [-0.1, -0.05) is 70.4 Å². The van der Waals surface area contributed by atoms with Crippen LogP contribution in [0.2, 0.25) is 0 Å². The van der Waals surface area contributed by atoms with E-state index in [1.807, 2.05) is 6.07 Å². The van der Waals surface area contributed by atoms with Crippen molar-refractivity contribution in [1.29, 1.82) is 0 Å². The van der Waals surface area contributed by atoms with Gasteiger partial charge in [0.25, 0.3) is 7.52 Å². The van der Waals surface area contributed by atoms with E-state index in [0.29, 0.717) is 18.4 Å². The highest BCUT2D eigenvalue weighted by molar-refractivity contribution is 7.55. The Morgan fingerprint density at radius 2 is 1.61 bits per heavy atom. The summed E-state index contributed by atoms with van der Waals surface area (Å²) < 4.78 is 31.6. The van der Waals surface area contributed by atoms with Crippen molar-refractivity contribution >= 4 is 7.52 Å². The molecule has 1 aromatic carbocycles. The second kappa shape index (κ2) is 16.0. The van der Waals surface area contributed by atoms with Gasteiger partial charge in [-0.15, -0.1) is 5.25 Å². The van der Waals surface area contributed by atoms with Crippen LogP contribution in [-0.2, 0) is 15.7 Å². The molecule has 7 heteroatoms. The topological polar surface area (TPSA) is 78.8 Å². The molecule has 0 bridgehead atoms. The summed E-state index contributed by atoms with van der Waals surface area (Å²) in [5.41, 5.74) is 1.99. The van der Waals surface area contributed by atoms with Gasteiger partial charge in [0.05, 0.1) is 6.10 Å². The van der Waals surface area contributed by atoms with Gasteiger partial charge in [-0.2, -0.15) is 0 Å². The molecule has 190 valence electrons. The van der Waals surface area contributed by atoms with Crippen molar-refractivity contribution in [2.24, 2.45) is 0 Å². The summed E-state index contributed by atoms with van der Waals surface area (Å²) >= 11 is 0. The standard InChI is InChI=1S/C26H45FNO4P/c1-2-12-23-13-14-24(21-26(23)27)22-15-17-25(18-16-22)32-19-10-8-6-4-3-5-7-9-11-20-33(30,31)28-29/h13-14,21-22,25,29H,2-12,15-20H2,1H3,(H2,28,30,31). The van der Waals surface area contributed by atoms with Crippen LogP contribution in [-0.4, -0.2) is 29.0 Å². The number of hydrogen-bond acceptors (Lipinski definition) is 3. The number of hydrogen-bond donors (Lipinski definition) is 3. The van der Waals surface area contributed by atoms with E-state index >= 15 is 0 Å². The minimum atomic E-state index is -3.50. The molecule has 1 fully saturated rings. The van der Waals surface area contributed by atoms with E-state index in [1.54, 1.807) is 6.07 Å². The van der Waals surface area contributed by atoms with Gasteiger partial charge in [0, 0.05) is 12.8 Å². The van der Waals surface area contributed by atoms with Crippen molar-refractivity contribution in [3.63, 3.8) is 0 Å². The zero-order valence-corrected chi connectivity index (χ0v) is 21.3. The predicted molar refractivity (Wildman–Crippen MR) is 133 cm³/mol. The molecular formula is C26H45FNO4P. The molecule has 0 amide bonds. The second-order valence-corrected chi connectivity index (χ2v) is 11.7. The summed E-state index contributed by atoms with van der Waals surface area (Å²) in [7, 11) is -3.50. The largest absolute Gasteiger partial charge is 0.378 e. The zero-order chi connectivity index (χ0) is 23.9. The average Bonchev–Trinajstić information content (AvgIpc) is 2.81. The highest BCUT2D eigenvalue weighted by atomic mass is 31.2. The summed E-state index contributed by atoms with van der Waals surface area (Å²) in [5, 5.41) is 10.0. The van der Waals surface area contributed by atoms with E-state index in [2.05, 4.69) is 13.0 Å². The summed E-state index contributed by atoms with van der Waals surface area (Å²) in [6, 6.07) is 5.86. The van der Waals surface area contributed by atoms with Crippen LogP contribution >= 0.6 is 7.52 Å². The minimum absolute atomic E-state index is 0.0403. The lowest BCUT2D eigenvalue weighted by atomic mass is 9.82. The van der Waals surface area contributed by atoms with Gasteiger partial charge in [0.1, 0.15) is 5.82 Å². The fourth-order valence-corrected chi connectivity index (χ4v) is 5.57. The molecule has 0 spiro atoms. The number of ether oxygens (including phenoxy) is 1. The van der Waals surface area contributed by atoms with Crippen LogP contribution in [0.25, 0.3) is 0 Å². The fraction of sp³-hybridized carbons (Fsp3) is 0.769. The lowest BCUT2D eigenvalue weighted by Crippen LogP contribution is -2.21. The smallest absolute Gasteiger partial charge is 0.289 e. The molecule has 2 rings (SSSR count). The Kier molecular flexibility index (Phi) is 13.8. The monoisotopic (exact) mass is 485 g/mol. The van der Waals surface area contributed by atoms with Crippen LogP contribution in [0.5, 0.6) is 0 Å². The Labute approximate surface area is 200 Å². The van der Waals surface area contributed by atoms with Crippen LogP contribution in [0.4, 0.5) is 4.39 Å². The molecule has 1 aromatic rings. The van der Waals surface area contributed by atoms with Crippen LogP contribution in [0.1, 0.15) is 114 Å². The van der Waals surface area contributed by atoms with E-state index in [9.17, 15) is 13.8 Å². The third-order valence-corrected chi connectivity index (χ3v) is 8.09. The zero-order valence-electron chi connectivity index (χ0n) is 20.4. The second-order valence-electron chi connectivity index (χ2n) is 9.65. The Hall–Kier alpha value is -0.780. The maximum atomic E-state index is 14.3. The fourth-order valence-electron chi connectivity index (χ4n) is 4.82. The normalized spacial score (nSPS) is 20.6. The van der Waals surface area contributed by atoms with Crippen LogP contribution < -0.4 is 5.25 Å². The number of nitrogens with one attached hydrogen (secondary N) is 1. The van der Waals surface area contributed by atoms with Gasteiger partial charge in [0.2, 0.25) is 0 Å². The molecule has 1 saturated carbocycles. The average molecular weight is 486 g/mol. The first-order valence-electron chi connectivity index (χ1n) is 13.1. The highest BCUT2D eigenvalue weighted by Crippen LogP contribution is 2.36. The van der Waals surface area contributed by atoms with Gasteiger partial charge in [-0.3, -0.25) is 4.57 Å². The third-order valence-electron chi connectivity index (χ3n) is 6.86. The van der Waals surface area contributed by atoms with E-state index in [-0.39, 0.29) is 12.0 Å². The highest BCUT2D eigenvalue weighted by Gasteiger charge is 2.23. The first-order chi connectivity index (χ1) is 15.9. The maximum Gasteiger partial charge on any atom is 0.289 e. The van der Waals surface area contributed by atoms with E-state index < -0.39 is 7.52 Å². The SMILES string of the molecule is CCCc1ccc(C2CCC(OCCCCCCCCCCCP(=O)(O)NO)CC2)cc1F. The van der Waals surface area contributed by atoms with Crippen molar-refractivity contribution in [1.82, 2.24) is 5.25 Å². The number of aryl methyl sites for hydroxylation is 1. The van der Waals surface area contributed by atoms with Crippen molar-refractivity contribution in [2.75, 3.05) is 12.8 Å². The Morgan fingerprint density at radius 3 is 2.18 bits per heavy atom. The molecule has 3 N–H and O–H groups in total. The molecule has 0 aromatic heterocycles. The molecule has 33 heavy (non-hydrogen) atoms. The molecular weight excluding hydrogens is 440 g/mol. The number of rotatable bonds is 17. The maximum absolute atomic E-state index is 14.3.